The van der Waals surface area contributed by atoms with Crippen molar-refractivity contribution in [3.8, 4) is 0 Å². The summed E-state index contributed by atoms with van der Waals surface area (Å²) in [4.78, 5) is 0. The average Bonchev–Trinajstić information content (AvgIpc) is 1.88. The Bertz CT molecular complexity index is 29.3. The molecule has 0 nitrogen and oxygen atoms in total. The zero-order valence-electron chi connectivity index (χ0n) is 6.57. The van der Waals surface area contributed by atoms with E-state index in [9.17, 15) is 0 Å². The average molecular weight is 114 g/mol. The summed E-state index contributed by atoms with van der Waals surface area (Å²) < 4.78 is 0. The molecule has 0 aliphatic rings. The van der Waals surface area contributed by atoms with Gasteiger partial charge in [-0.25, -0.2) is 0 Å². The van der Waals surface area contributed by atoms with E-state index in [1.165, 1.54) is 12.8 Å². The second kappa shape index (κ2) is 15.9. The molecule has 0 N–H and O–H groups in total. The molecule has 8 heavy (non-hydrogen) atoms. The van der Waals surface area contributed by atoms with Crippen molar-refractivity contribution >= 4 is 0 Å². The predicted octanol–water partition coefficient (Wildman–Crippen LogP) is 3.39. The first-order valence-corrected chi connectivity index (χ1v) is 3.40. The van der Waals surface area contributed by atoms with Crippen LogP contribution in [0.2, 0.25) is 0 Å². The normalized spacial score (nSPS) is 8.50. The lowest BCUT2D eigenvalue weighted by Gasteiger charge is -1.68. The molecule has 0 aliphatic heterocycles. The maximum atomic E-state index is 2.18. The van der Waals surface area contributed by atoms with Crippen LogP contribution in [0.25, 0.3) is 0 Å². The maximum Gasteiger partial charge on any atom is -0.0470 e. The van der Waals surface area contributed by atoms with Gasteiger partial charge in [0.05, 0.1) is 0 Å². The van der Waals surface area contributed by atoms with Crippen molar-refractivity contribution in [2.75, 3.05) is 0 Å². The van der Waals surface area contributed by atoms with Gasteiger partial charge in [-0.1, -0.05) is 38.8 Å². The Morgan fingerprint density at radius 3 is 1.12 bits per heavy atom. The van der Waals surface area contributed by atoms with Gasteiger partial charge >= 0.3 is 0 Å². The second-order valence-corrected chi connectivity index (χ2v) is 1.67. The van der Waals surface area contributed by atoms with Crippen LogP contribution in [-0.4, -0.2) is 0 Å². The summed E-state index contributed by atoms with van der Waals surface area (Å²) >= 11 is 0. The van der Waals surface area contributed by atoms with E-state index >= 15 is 0 Å². The Kier molecular flexibility index (Phi) is 21.2. The van der Waals surface area contributed by atoms with Gasteiger partial charge in [0, 0.05) is 0 Å². The lowest BCUT2D eigenvalue weighted by Crippen LogP contribution is -1.47. The molecular formula is C8H18. The Balaban J connectivity index is 0. The maximum absolute atomic E-state index is 2.18. The highest BCUT2D eigenvalue weighted by molar-refractivity contribution is 4.68. The van der Waals surface area contributed by atoms with E-state index in [4.69, 9.17) is 0 Å². The van der Waals surface area contributed by atoms with Crippen molar-refractivity contribution in [2.24, 2.45) is 0 Å². The van der Waals surface area contributed by atoms with Crippen LogP contribution in [0, 0.1) is 0 Å². The standard InChI is InChI=1S/C4H10.C4H8/c2*1-3-4-2/h3-4H2,1-2H3;3-4H,1-2H3/b;4-3+. The summed E-state index contributed by atoms with van der Waals surface area (Å²) in [6.45, 7) is 8.36. The fourth-order valence-corrected chi connectivity index (χ4v) is 0. The Morgan fingerprint density at radius 2 is 1.12 bits per heavy atom. The Hall–Kier alpha value is -0.260. The third-order valence-electron chi connectivity index (χ3n) is 0.833. The molecule has 0 aliphatic carbocycles. The number of hydrogen-bond acceptors (Lipinski definition) is 0. The molecule has 0 aromatic rings. The van der Waals surface area contributed by atoms with Gasteiger partial charge in [0.1, 0.15) is 0 Å². The van der Waals surface area contributed by atoms with Crippen LogP contribution in [0.1, 0.15) is 40.5 Å². The zero-order valence-corrected chi connectivity index (χ0v) is 6.57. The molecule has 0 rings (SSSR count). The van der Waals surface area contributed by atoms with Gasteiger partial charge in [-0.3, -0.25) is 0 Å². The first kappa shape index (κ1) is 10.7. The van der Waals surface area contributed by atoms with Crippen LogP contribution in [0.15, 0.2) is 12.2 Å². The van der Waals surface area contributed by atoms with E-state index in [2.05, 4.69) is 13.8 Å². The highest BCUT2D eigenvalue weighted by Crippen LogP contribution is 1.76. The molecule has 0 heteroatoms. The molecule has 0 saturated carbocycles. The van der Waals surface area contributed by atoms with Gasteiger partial charge in [-0.05, 0) is 13.8 Å². The smallest absolute Gasteiger partial charge is 0.0470 e. The van der Waals surface area contributed by atoms with Crippen molar-refractivity contribution in [2.45, 2.75) is 40.5 Å². The molecule has 0 unspecified atom stereocenters. The number of unbranched alkanes of at least 4 members (excludes halogenated alkanes) is 1. The third kappa shape index (κ3) is 42.6. The van der Waals surface area contributed by atoms with Crippen LogP contribution in [-0.2, 0) is 0 Å². The van der Waals surface area contributed by atoms with Crippen molar-refractivity contribution in [1.29, 1.82) is 0 Å². The molecule has 0 radical (unpaired) electrons. The van der Waals surface area contributed by atoms with Crippen LogP contribution in [0.5, 0.6) is 0 Å². The molecule has 0 aromatic heterocycles. The second-order valence-electron chi connectivity index (χ2n) is 1.67. The van der Waals surface area contributed by atoms with Crippen LogP contribution >= 0.6 is 0 Å². The summed E-state index contributed by atoms with van der Waals surface area (Å²) in [7, 11) is 0. The fourth-order valence-electron chi connectivity index (χ4n) is 0. The largest absolute Gasteiger partial charge is 0.0919 e. The minimum absolute atomic E-state index is 1.32. The molecule has 0 fully saturated rings. The van der Waals surface area contributed by atoms with Gasteiger partial charge < -0.3 is 0 Å². The van der Waals surface area contributed by atoms with E-state index in [-0.39, 0.29) is 0 Å². The quantitative estimate of drug-likeness (QED) is 0.458. The topological polar surface area (TPSA) is 0 Å². The minimum Gasteiger partial charge on any atom is -0.0919 e. The molecule has 0 amide bonds. The molecule has 0 spiro atoms. The minimum atomic E-state index is 1.32. The van der Waals surface area contributed by atoms with Crippen LogP contribution in [0.4, 0.5) is 0 Å². The predicted molar refractivity (Wildman–Crippen MR) is 41.1 cm³/mol. The van der Waals surface area contributed by atoms with Gasteiger partial charge in [0.25, 0.3) is 0 Å². The highest BCUT2D eigenvalue weighted by atomic mass is 13.6. The van der Waals surface area contributed by atoms with Crippen LogP contribution in [0.3, 0.4) is 0 Å². The van der Waals surface area contributed by atoms with Crippen molar-refractivity contribution < 1.29 is 0 Å². The van der Waals surface area contributed by atoms with E-state index in [1.54, 1.807) is 0 Å². The molecule has 0 heterocycles. The van der Waals surface area contributed by atoms with Crippen LogP contribution < -0.4 is 0 Å². The summed E-state index contributed by atoms with van der Waals surface area (Å²) in [5.41, 5.74) is 0. The summed E-state index contributed by atoms with van der Waals surface area (Å²) in [5, 5.41) is 0. The van der Waals surface area contributed by atoms with Gasteiger partial charge in [0.15, 0.2) is 0 Å². The number of rotatable bonds is 1. The Labute approximate surface area is 53.6 Å². The molecule has 0 atom stereocenters. The monoisotopic (exact) mass is 114 g/mol. The van der Waals surface area contributed by atoms with E-state index in [0.717, 1.165) is 0 Å². The molecule has 0 saturated heterocycles. The molecular weight excluding hydrogens is 96.1 g/mol. The van der Waals surface area contributed by atoms with E-state index in [1.807, 2.05) is 26.0 Å². The first-order chi connectivity index (χ1) is 3.83. The number of hydrogen-bond donors (Lipinski definition) is 0. The summed E-state index contributed by atoms with van der Waals surface area (Å²) in [6, 6.07) is 0. The van der Waals surface area contributed by atoms with Crippen molar-refractivity contribution in [3.05, 3.63) is 12.2 Å². The lowest BCUT2D eigenvalue weighted by molar-refractivity contribution is 0.886. The molecule has 0 bridgehead atoms. The van der Waals surface area contributed by atoms with Gasteiger partial charge in [0.2, 0.25) is 0 Å². The van der Waals surface area contributed by atoms with E-state index in [0.29, 0.717) is 0 Å². The van der Waals surface area contributed by atoms with Crippen molar-refractivity contribution in [1.82, 2.24) is 0 Å². The summed E-state index contributed by atoms with van der Waals surface area (Å²) in [6.07, 6.45) is 6.64. The van der Waals surface area contributed by atoms with Gasteiger partial charge in [-0.2, -0.15) is 0 Å². The Morgan fingerprint density at radius 1 is 0.875 bits per heavy atom. The molecule has 50 valence electrons. The van der Waals surface area contributed by atoms with E-state index < -0.39 is 0 Å². The molecule has 0 aromatic carbocycles. The SMILES string of the molecule is C/C=C/C.CCCC. The summed E-state index contributed by atoms with van der Waals surface area (Å²) in [5.74, 6) is 0. The number of allylic oxidation sites excluding steroid dienone is 2. The zero-order chi connectivity index (χ0) is 6.83. The van der Waals surface area contributed by atoms with Gasteiger partial charge in [-0.15, -0.1) is 0 Å². The fraction of sp³-hybridized carbons (Fsp3) is 0.750. The first-order valence-electron chi connectivity index (χ1n) is 3.40. The lowest BCUT2D eigenvalue weighted by atomic mass is 10.4. The third-order valence-corrected chi connectivity index (χ3v) is 0.833. The van der Waals surface area contributed by atoms with Crippen molar-refractivity contribution in [3.63, 3.8) is 0 Å². The highest BCUT2D eigenvalue weighted by Gasteiger charge is 1.56.